The van der Waals surface area contributed by atoms with Crippen molar-refractivity contribution in [3.8, 4) is 5.75 Å². The van der Waals surface area contributed by atoms with Crippen LogP contribution in [0.15, 0.2) is 59.1 Å². The zero-order chi connectivity index (χ0) is 32.5. The van der Waals surface area contributed by atoms with Crippen LogP contribution in [0.4, 0.5) is 16.2 Å². The molecule has 1 aliphatic heterocycles. The highest BCUT2D eigenvalue weighted by Crippen LogP contribution is 2.39. The number of hydrogen-bond donors (Lipinski definition) is 2. The summed E-state index contributed by atoms with van der Waals surface area (Å²) in [6, 6.07) is 12.3. The maximum Gasteiger partial charge on any atom is 0.407 e. The van der Waals surface area contributed by atoms with Gasteiger partial charge in [-0.1, -0.05) is 40.2 Å². The predicted molar refractivity (Wildman–Crippen MR) is 170 cm³/mol. The highest BCUT2D eigenvalue weighted by molar-refractivity contribution is 9.10. The van der Waals surface area contributed by atoms with Gasteiger partial charge in [-0.2, -0.15) is 0 Å². The molecule has 0 saturated carbocycles. The molecule has 0 unspecified atom stereocenters. The van der Waals surface area contributed by atoms with Crippen molar-refractivity contribution < 1.29 is 37.4 Å². The van der Waals surface area contributed by atoms with Gasteiger partial charge in [0.05, 0.1) is 31.1 Å². The number of anilines is 2. The molecule has 3 aromatic carbocycles. The van der Waals surface area contributed by atoms with Crippen LogP contribution in [0.25, 0.3) is 10.8 Å². The number of nitrogens with one attached hydrogen (secondary N) is 1. The molecule has 0 spiro atoms. The SMILES string of the molecule is COc1ccc2cc(Br)ccc2c1CN1C(=O)[C@@H](NC(=O)[C@H](C)N(C)C(=O)O)[C@H](C)N(C(=O)CS(C)(=O)=O)c2ccccc21. The van der Waals surface area contributed by atoms with Gasteiger partial charge < -0.3 is 25.0 Å². The van der Waals surface area contributed by atoms with Crippen LogP contribution in [0.3, 0.4) is 0 Å². The van der Waals surface area contributed by atoms with Crippen LogP contribution in [0.2, 0.25) is 0 Å². The third-order valence-electron chi connectivity index (χ3n) is 7.65. The van der Waals surface area contributed by atoms with Gasteiger partial charge in [-0.3, -0.25) is 19.3 Å². The Hall–Kier alpha value is -4.17. The molecule has 0 radical (unpaired) electrons. The minimum Gasteiger partial charge on any atom is -0.496 e. The number of nitrogens with zero attached hydrogens (tertiary/aromatic N) is 3. The zero-order valence-electron chi connectivity index (χ0n) is 24.8. The Bertz CT molecular complexity index is 1750. The summed E-state index contributed by atoms with van der Waals surface area (Å²) in [7, 11) is -1.03. The van der Waals surface area contributed by atoms with Gasteiger partial charge in [-0.05, 0) is 55.0 Å². The Morgan fingerprint density at radius 1 is 1.11 bits per heavy atom. The number of methoxy groups -OCH3 is 1. The van der Waals surface area contributed by atoms with E-state index in [1.165, 1.54) is 37.8 Å². The lowest BCUT2D eigenvalue weighted by molar-refractivity contribution is -0.130. The molecule has 4 amide bonds. The van der Waals surface area contributed by atoms with E-state index < -0.39 is 57.5 Å². The highest BCUT2D eigenvalue weighted by Gasteiger charge is 2.43. The number of carboxylic acid groups (broad SMARTS) is 1. The van der Waals surface area contributed by atoms with E-state index in [1.807, 2.05) is 24.3 Å². The van der Waals surface area contributed by atoms with E-state index in [4.69, 9.17) is 4.74 Å². The summed E-state index contributed by atoms with van der Waals surface area (Å²) < 4.78 is 30.9. The molecule has 0 aliphatic carbocycles. The summed E-state index contributed by atoms with van der Waals surface area (Å²) in [6.45, 7) is 2.87. The topological polar surface area (TPSA) is 154 Å². The molecule has 234 valence electrons. The smallest absolute Gasteiger partial charge is 0.407 e. The Morgan fingerprint density at radius 2 is 1.77 bits per heavy atom. The maximum absolute atomic E-state index is 14.5. The van der Waals surface area contributed by atoms with Gasteiger partial charge in [0.15, 0.2) is 9.84 Å². The quantitative estimate of drug-likeness (QED) is 0.365. The molecule has 0 fully saturated rings. The molecule has 1 aliphatic rings. The fraction of sp³-hybridized carbons (Fsp3) is 0.333. The molecule has 2 N–H and O–H groups in total. The van der Waals surface area contributed by atoms with Crippen molar-refractivity contribution in [3.05, 3.63) is 64.6 Å². The predicted octanol–water partition coefficient (Wildman–Crippen LogP) is 3.41. The molecule has 0 bridgehead atoms. The van der Waals surface area contributed by atoms with E-state index >= 15 is 0 Å². The largest absolute Gasteiger partial charge is 0.496 e. The lowest BCUT2D eigenvalue weighted by Gasteiger charge is -2.33. The highest BCUT2D eigenvalue weighted by atomic mass is 79.9. The zero-order valence-corrected chi connectivity index (χ0v) is 27.2. The molecule has 1 heterocycles. The van der Waals surface area contributed by atoms with E-state index in [-0.39, 0.29) is 12.2 Å². The van der Waals surface area contributed by atoms with Gasteiger partial charge in [-0.15, -0.1) is 0 Å². The van der Waals surface area contributed by atoms with Crippen molar-refractivity contribution in [2.75, 3.05) is 36.0 Å². The number of carbonyl (C=O) groups is 4. The van der Waals surface area contributed by atoms with Gasteiger partial charge in [-0.25, -0.2) is 13.2 Å². The first-order valence-electron chi connectivity index (χ1n) is 13.6. The lowest BCUT2D eigenvalue weighted by atomic mass is 10.0. The summed E-state index contributed by atoms with van der Waals surface area (Å²) in [5.41, 5.74) is 1.25. The van der Waals surface area contributed by atoms with Gasteiger partial charge in [0.25, 0.3) is 5.91 Å². The second kappa shape index (κ2) is 12.8. The van der Waals surface area contributed by atoms with Crippen LogP contribution in [0.5, 0.6) is 5.75 Å². The minimum absolute atomic E-state index is 0.0320. The van der Waals surface area contributed by atoms with Gasteiger partial charge in [0.1, 0.15) is 23.6 Å². The van der Waals surface area contributed by atoms with Crippen molar-refractivity contribution >= 4 is 71.7 Å². The molecule has 12 nitrogen and oxygen atoms in total. The normalized spacial score (nSPS) is 17.5. The average Bonchev–Trinajstić information content (AvgIpc) is 3.04. The molecule has 14 heteroatoms. The van der Waals surface area contributed by atoms with E-state index in [9.17, 15) is 32.7 Å². The van der Waals surface area contributed by atoms with Crippen molar-refractivity contribution in [1.82, 2.24) is 10.2 Å². The fourth-order valence-corrected chi connectivity index (χ4v) is 6.20. The second-order valence-corrected chi connectivity index (χ2v) is 13.7. The Kier molecular flexibility index (Phi) is 9.54. The molecule has 4 rings (SSSR count). The first-order valence-corrected chi connectivity index (χ1v) is 16.4. The van der Waals surface area contributed by atoms with E-state index in [1.54, 1.807) is 30.3 Å². The number of halogens is 1. The van der Waals surface area contributed by atoms with Crippen molar-refractivity contribution in [2.45, 2.75) is 38.5 Å². The number of fused-ring (bicyclic) bond motifs is 2. The minimum atomic E-state index is -3.77. The average molecular weight is 690 g/mol. The van der Waals surface area contributed by atoms with Crippen molar-refractivity contribution in [2.24, 2.45) is 0 Å². The molecule has 3 atom stereocenters. The summed E-state index contributed by atoms with van der Waals surface area (Å²) in [4.78, 5) is 56.3. The Balaban J connectivity index is 1.90. The van der Waals surface area contributed by atoms with Crippen molar-refractivity contribution in [3.63, 3.8) is 0 Å². The van der Waals surface area contributed by atoms with E-state index in [0.29, 0.717) is 17.0 Å². The number of benzene rings is 3. The number of hydrogen-bond acceptors (Lipinski definition) is 7. The fourth-order valence-electron chi connectivity index (χ4n) is 5.23. The molecular formula is C30H33BrN4O8S. The summed E-state index contributed by atoms with van der Waals surface area (Å²) in [5, 5.41) is 13.7. The number of para-hydroxylation sites is 2. The second-order valence-electron chi connectivity index (χ2n) is 10.7. The molecule has 0 saturated heterocycles. The van der Waals surface area contributed by atoms with Gasteiger partial charge in [0.2, 0.25) is 11.8 Å². The Labute approximate surface area is 263 Å². The number of carbonyl (C=O) groups excluding carboxylic acids is 3. The lowest BCUT2D eigenvalue weighted by Crippen LogP contribution is -2.60. The van der Waals surface area contributed by atoms with Crippen LogP contribution in [0, 0.1) is 0 Å². The molecule has 3 aromatic rings. The van der Waals surface area contributed by atoms with Crippen LogP contribution < -0.4 is 19.9 Å². The number of rotatable bonds is 8. The van der Waals surface area contributed by atoms with E-state index in [2.05, 4.69) is 21.2 Å². The third-order valence-corrected chi connectivity index (χ3v) is 8.92. The summed E-state index contributed by atoms with van der Waals surface area (Å²) >= 11 is 3.48. The van der Waals surface area contributed by atoms with Crippen LogP contribution in [-0.4, -0.2) is 86.5 Å². The molecular weight excluding hydrogens is 656 g/mol. The van der Waals surface area contributed by atoms with Crippen LogP contribution in [-0.2, 0) is 30.8 Å². The first kappa shape index (κ1) is 32.7. The summed E-state index contributed by atoms with van der Waals surface area (Å²) in [5.74, 6) is -2.47. The molecule has 0 aromatic heterocycles. The molecule has 44 heavy (non-hydrogen) atoms. The third kappa shape index (κ3) is 6.65. The van der Waals surface area contributed by atoms with E-state index in [0.717, 1.165) is 26.4 Å². The van der Waals surface area contributed by atoms with Crippen molar-refractivity contribution in [1.29, 1.82) is 0 Å². The van der Waals surface area contributed by atoms with Gasteiger partial charge in [0, 0.05) is 23.3 Å². The maximum atomic E-state index is 14.5. The standard InChI is InChI=1S/C30H33BrN4O8S/c1-17-27(32-28(37)18(2)33(3)30(39)40)29(38)34(15-22-21-12-11-20(31)14-19(21)10-13-25(22)43-4)23-8-6-7-9-24(23)35(17)26(36)16-44(5,41)42/h6-14,17-18,27H,15-16H2,1-5H3,(H,32,37)(H,39,40)/t17-,18-,27-/m0/s1. The summed E-state index contributed by atoms with van der Waals surface area (Å²) in [6.07, 6.45) is -0.411. The Morgan fingerprint density at radius 3 is 2.39 bits per heavy atom. The number of ether oxygens (including phenoxy) is 1. The first-order chi connectivity index (χ1) is 20.6. The monoisotopic (exact) mass is 688 g/mol. The number of likely N-dealkylation sites (N-methyl/N-ethyl adjacent to an activating group) is 1. The van der Waals surface area contributed by atoms with Crippen LogP contribution >= 0.6 is 15.9 Å². The van der Waals surface area contributed by atoms with Crippen LogP contribution in [0.1, 0.15) is 19.4 Å². The number of sulfone groups is 1. The van der Waals surface area contributed by atoms with Gasteiger partial charge >= 0.3 is 6.09 Å². The number of amides is 4.